The number of rotatable bonds is 3. The van der Waals surface area contributed by atoms with Crippen LogP contribution in [0.5, 0.6) is 5.75 Å². The Bertz CT molecular complexity index is 462. The first-order valence-electron chi connectivity index (χ1n) is 7.65. The van der Waals surface area contributed by atoms with Crippen molar-refractivity contribution in [2.45, 2.75) is 51.6 Å². The molecule has 0 spiro atoms. The second kappa shape index (κ2) is 6.36. The number of hydrogen-bond donors (Lipinski definition) is 0. The van der Waals surface area contributed by atoms with Crippen LogP contribution in [0.3, 0.4) is 0 Å². The van der Waals surface area contributed by atoms with Crippen LogP contribution in [0.15, 0.2) is 18.2 Å². The SMILES string of the molecule is CCCN1[C@H](C)C[C@H]2Cc3cccc(OC)c3C[C@H]21.Cl. The van der Waals surface area contributed by atoms with E-state index in [-0.39, 0.29) is 12.4 Å². The van der Waals surface area contributed by atoms with E-state index in [1.165, 1.54) is 43.4 Å². The molecule has 112 valence electrons. The average Bonchev–Trinajstić information content (AvgIpc) is 2.72. The fraction of sp³-hybridized carbons (Fsp3) is 0.647. The third-order valence-electron chi connectivity index (χ3n) is 5.01. The van der Waals surface area contributed by atoms with Crippen LogP contribution in [0.2, 0.25) is 0 Å². The summed E-state index contributed by atoms with van der Waals surface area (Å²) in [5.74, 6) is 1.94. The molecule has 1 fully saturated rings. The second-order valence-corrected chi connectivity index (χ2v) is 6.16. The van der Waals surface area contributed by atoms with Crippen LogP contribution in [0.25, 0.3) is 0 Å². The van der Waals surface area contributed by atoms with Crippen LogP contribution in [0, 0.1) is 5.92 Å². The maximum atomic E-state index is 5.56. The van der Waals surface area contributed by atoms with Gasteiger partial charge in [0.1, 0.15) is 5.75 Å². The highest BCUT2D eigenvalue weighted by atomic mass is 35.5. The predicted octanol–water partition coefficient (Wildman–Crippen LogP) is 3.70. The van der Waals surface area contributed by atoms with Crippen LogP contribution < -0.4 is 4.74 Å². The van der Waals surface area contributed by atoms with E-state index in [4.69, 9.17) is 4.74 Å². The van der Waals surface area contributed by atoms with E-state index >= 15 is 0 Å². The number of hydrogen-bond acceptors (Lipinski definition) is 2. The first kappa shape index (κ1) is 15.7. The molecule has 0 N–H and O–H groups in total. The van der Waals surface area contributed by atoms with E-state index in [1.807, 2.05) is 0 Å². The first-order chi connectivity index (χ1) is 9.24. The fourth-order valence-electron chi connectivity index (χ4n) is 4.19. The highest BCUT2D eigenvalue weighted by molar-refractivity contribution is 5.85. The summed E-state index contributed by atoms with van der Waals surface area (Å²) >= 11 is 0. The summed E-state index contributed by atoms with van der Waals surface area (Å²) in [6.45, 7) is 5.93. The molecule has 3 heteroatoms. The smallest absolute Gasteiger partial charge is 0.122 e. The highest BCUT2D eigenvalue weighted by Gasteiger charge is 2.41. The summed E-state index contributed by atoms with van der Waals surface area (Å²) in [6.07, 6.45) is 5.03. The van der Waals surface area contributed by atoms with Crippen molar-refractivity contribution in [3.05, 3.63) is 29.3 Å². The number of ether oxygens (including phenoxy) is 1. The molecule has 1 aromatic rings. The quantitative estimate of drug-likeness (QED) is 0.843. The van der Waals surface area contributed by atoms with Gasteiger partial charge in [0.2, 0.25) is 0 Å². The zero-order valence-electron chi connectivity index (χ0n) is 12.8. The molecule has 0 saturated carbocycles. The van der Waals surface area contributed by atoms with Crippen LogP contribution in [0.1, 0.15) is 37.8 Å². The van der Waals surface area contributed by atoms with Crippen molar-refractivity contribution in [1.29, 1.82) is 0 Å². The Morgan fingerprint density at radius 3 is 2.80 bits per heavy atom. The summed E-state index contributed by atoms with van der Waals surface area (Å²) in [4.78, 5) is 2.74. The molecule has 3 atom stereocenters. The summed E-state index contributed by atoms with van der Waals surface area (Å²) in [5.41, 5.74) is 2.98. The monoisotopic (exact) mass is 295 g/mol. The summed E-state index contributed by atoms with van der Waals surface area (Å²) < 4.78 is 5.56. The van der Waals surface area contributed by atoms with E-state index < -0.39 is 0 Å². The van der Waals surface area contributed by atoms with Gasteiger partial charge in [0.15, 0.2) is 0 Å². The molecule has 2 nitrogen and oxygen atoms in total. The van der Waals surface area contributed by atoms with E-state index in [2.05, 4.69) is 36.9 Å². The van der Waals surface area contributed by atoms with Gasteiger partial charge in [0.05, 0.1) is 7.11 Å². The Morgan fingerprint density at radius 2 is 2.10 bits per heavy atom. The van der Waals surface area contributed by atoms with E-state index in [9.17, 15) is 0 Å². The van der Waals surface area contributed by atoms with E-state index in [0.29, 0.717) is 0 Å². The van der Waals surface area contributed by atoms with Crippen molar-refractivity contribution in [2.24, 2.45) is 5.92 Å². The van der Waals surface area contributed by atoms with Gasteiger partial charge in [-0.3, -0.25) is 4.90 Å². The van der Waals surface area contributed by atoms with E-state index in [1.54, 1.807) is 7.11 Å². The largest absolute Gasteiger partial charge is 0.496 e. The molecule has 0 aromatic heterocycles. The van der Waals surface area contributed by atoms with Gasteiger partial charge < -0.3 is 4.74 Å². The van der Waals surface area contributed by atoms with Crippen molar-refractivity contribution >= 4 is 12.4 Å². The molecule has 0 bridgehead atoms. The lowest BCUT2D eigenvalue weighted by Gasteiger charge is -2.34. The molecule has 1 aliphatic carbocycles. The standard InChI is InChI=1S/C17H25NO.ClH/c1-4-8-18-12(2)9-14-10-13-6-5-7-17(19-3)15(13)11-16(14)18;/h5-7,12,14,16H,4,8-11H2,1-3H3;1H/t12-,14+,16-;/m1./s1. The summed E-state index contributed by atoms with van der Waals surface area (Å²) in [5, 5.41) is 0. The van der Waals surface area contributed by atoms with Gasteiger partial charge in [0.25, 0.3) is 0 Å². The lowest BCUT2D eigenvalue weighted by molar-refractivity contribution is 0.180. The third-order valence-corrected chi connectivity index (χ3v) is 5.01. The number of likely N-dealkylation sites (tertiary alicyclic amines) is 1. The maximum Gasteiger partial charge on any atom is 0.122 e. The molecule has 3 rings (SSSR count). The normalized spacial score (nSPS) is 28.4. The number of halogens is 1. The van der Waals surface area contributed by atoms with Gasteiger partial charge in [-0.1, -0.05) is 19.1 Å². The number of methoxy groups -OCH3 is 1. The molecule has 0 unspecified atom stereocenters. The van der Waals surface area contributed by atoms with Gasteiger partial charge in [0, 0.05) is 12.1 Å². The first-order valence-corrected chi connectivity index (χ1v) is 7.65. The van der Waals surface area contributed by atoms with Crippen molar-refractivity contribution in [2.75, 3.05) is 13.7 Å². The Labute approximate surface area is 128 Å². The van der Waals surface area contributed by atoms with Crippen LogP contribution in [-0.4, -0.2) is 30.6 Å². The molecule has 0 amide bonds. The van der Waals surface area contributed by atoms with Gasteiger partial charge >= 0.3 is 0 Å². The number of benzene rings is 1. The van der Waals surface area contributed by atoms with Gasteiger partial charge in [-0.15, -0.1) is 12.4 Å². The zero-order valence-corrected chi connectivity index (χ0v) is 13.6. The minimum Gasteiger partial charge on any atom is -0.496 e. The predicted molar refractivity (Wildman–Crippen MR) is 86.0 cm³/mol. The molecule has 2 aliphatic rings. The summed E-state index contributed by atoms with van der Waals surface area (Å²) in [6, 6.07) is 8.03. The third kappa shape index (κ3) is 2.56. The molecule has 1 saturated heterocycles. The van der Waals surface area contributed by atoms with Crippen LogP contribution >= 0.6 is 12.4 Å². The number of nitrogens with zero attached hydrogens (tertiary/aromatic N) is 1. The topological polar surface area (TPSA) is 12.5 Å². The molecule has 1 aliphatic heterocycles. The zero-order chi connectivity index (χ0) is 13.4. The van der Waals surface area contributed by atoms with Crippen LogP contribution in [-0.2, 0) is 12.8 Å². The van der Waals surface area contributed by atoms with Crippen molar-refractivity contribution in [3.8, 4) is 5.75 Å². The molecular weight excluding hydrogens is 270 g/mol. The lowest BCUT2D eigenvalue weighted by Crippen LogP contribution is -2.40. The van der Waals surface area contributed by atoms with Gasteiger partial charge in [-0.2, -0.15) is 0 Å². The molecule has 1 heterocycles. The minimum absolute atomic E-state index is 0. The van der Waals surface area contributed by atoms with Gasteiger partial charge in [-0.25, -0.2) is 0 Å². The minimum atomic E-state index is 0. The second-order valence-electron chi connectivity index (χ2n) is 6.16. The Kier molecular flexibility index (Phi) is 4.98. The fourth-order valence-corrected chi connectivity index (χ4v) is 4.19. The van der Waals surface area contributed by atoms with Crippen molar-refractivity contribution < 1.29 is 4.74 Å². The Balaban J connectivity index is 0.00000147. The van der Waals surface area contributed by atoms with Gasteiger partial charge in [-0.05, 0) is 62.3 Å². The Morgan fingerprint density at radius 1 is 1.30 bits per heavy atom. The maximum absolute atomic E-state index is 5.56. The average molecular weight is 296 g/mol. The molecule has 0 radical (unpaired) electrons. The molecular formula is C17H26ClNO. The molecule has 1 aromatic carbocycles. The summed E-state index contributed by atoms with van der Waals surface area (Å²) in [7, 11) is 1.79. The molecule has 20 heavy (non-hydrogen) atoms. The van der Waals surface area contributed by atoms with Crippen LogP contribution in [0.4, 0.5) is 0 Å². The Hall–Kier alpha value is -0.730. The van der Waals surface area contributed by atoms with E-state index in [0.717, 1.165) is 23.8 Å². The van der Waals surface area contributed by atoms with Crippen molar-refractivity contribution in [1.82, 2.24) is 4.90 Å². The lowest BCUT2D eigenvalue weighted by atomic mass is 9.80. The highest BCUT2D eigenvalue weighted by Crippen LogP contribution is 2.41. The number of fused-ring (bicyclic) bond motifs is 2. The van der Waals surface area contributed by atoms with Crippen molar-refractivity contribution in [3.63, 3.8) is 0 Å².